The molecule has 0 spiro atoms. The molecule has 0 fully saturated rings. The lowest BCUT2D eigenvalue weighted by molar-refractivity contribution is -0.119. The quantitative estimate of drug-likeness (QED) is 0.661. The normalized spacial score (nSPS) is 12.0. The second-order valence-corrected chi connectivity index (χ2v) is 7.32. The molecule has 3 N–H and O–H groups in total. The van der Waals surface area contributed by atoms with Gasteiger partial charge in [0.15, 0.2) is 4.34 Å². The molecule has 1 atom stereocenters. The Labute approximate surface area is 132 Å². The molecule has 0 aromatic carbocycles. The molecule has 1 aromatic heterocycles. The number of nitrogens with one attached hydrogen (secondary N) is 3. The maximum Gasteiger partial charge on any atom is 0.321 e. The summed E-state index contributed by atoms with van der Waals surface area (Å²) < 4.78 is 0.694. The highest BCUT2D eigenvalue weighted by atomic mass is 32.2. The molecule has 21 heavy (non-hydrogen) atoms. The number of imide groups is 1. The van der Waals surface area contributed by atoms with Gasteiger partial charge in [0.1, 0.15) is 0 Å². The molecule has 7 nitrogen and oxygen atoms in total. The van der Waals surface area contributed by atoms with Crippen LogP contribution in [0, 0.1) is 5.92 Å². The van der Waals surface area contributed by atoms with Gasteiger partial charge in [-0.25, -0.2) is 4.79 Å². The largest absolute Gasteiger partial charge is 0.360 e. The van der Waals surface area contributed by atoms with Gasteiger partial charge in [-0.05, 0) is 19.8 Å². The van der Waals surface area contributed by atoms with E-state index in [2.05, 4.69) is 40.0 Å². The predicted molar refractivity (Wildman–Crippen MR) is 85.8 cm³/mol. The molecular formula is C12H21N5O2S2. The van der Waals surface area contributed by atoms with E-state index < -0.39 is 11.3 Å². The topological polar surface area (TPSA) is 96.0 Å². The van der Waals surface area contributed by atoms with E-state index in [-0.39, 0.29) is 5.91 Å². The summed E-state index contributed by atoms with van der Waals surface area (Å²) in [5.74, 6) is 0.171. The molecule has 1 aromatic rings. The summed E-state index contributed by atoms with van der Waals surface area (Å²) in [5.41, 5.74) is 0. The summed E-state index contributed by atoms with van der Waals surface area (Å²) in [5, 5.41) is 16.3. The van der Waals surface area contributed by atoms with Crippen LogP contribution in [-0.2, 0) is 4.79 Å². The lowest BCUT2D eigenvalue weighted by Crippen LogP contribution is -2.42. The molecule has 9 heteroatoms. The van der Waals surface area contributed by atoms with Gasteiger partial charge in [-0.15, -0.1) is 10.2 Å². The van der Waals surface area contributed by atoms with Gasteiger partial charge < -0.3 is 10.6 Å². The molecule has 0 aliphatic carbocycles. The second-order valence-electron chi connectivity index (χ2n) is 4.76. The Morgan fingerprint density at radius 3 is 2.62 bits per heavy atom. The number of rotatable bonds is 7. The number of thioether (sulfide) groups is 1. The highest BCUT2D eigenvalue weighted by Gasteiger charge is 2.19. The van der Waals surface area contributed by atoms with E-state index in [1.54, 1.807) is 13.8 Å². The van der Waals surface area contributed by atoms with Gasteiger partial charge in [-0.3, -0.25) is 10.1 Å². The van der Waals surface area contributed by atoms with Crippen LogP contribution in [0.5, 0.6) is 0 Å². The Morgan fingerprint density at radius 2 is 2.00 bits per heavy atom. The van der Waals surface area contributed by atoms with Gasteiger partial charge in [0.25, 0.3) is 0 Å². The first-order valence-electron chi connectivity index (χ1n) is 6.75. The molecule has 1 rings (SSSR count). The fourth-order valence-corrected chi connectivity index (χ4v) is 3.15. The van der Waals surface area contributed by atoms with Crippen LogP contribution < -0.4 is 16.0 Å². The summed E-state index contributed by atoms with van der Waals surface area (Å²) in [6.07, 6.45) is 0. The van der Waals surface area contributed by atoms with E-state index >= 15 is 0 Å². The van der Waals surface area contributed by atoms with Gasteiger partial charge >= 0.3 is 6.03 Å². The Balaban J connectivity index is 2.45. The molecule has 0 saturated heterocycles. The van der Waals surface area contributed by atoms with Crippen LogP contribution in [0.3, 0.4) is 0 Å². The number of amides is 3. The minimum atomic E-state index is -0.480. The third-order valence-electron chi connectivity index (χ3n) is 2.29. The fourth-order valence-electron chi connectivity index (χ4n) is 1.24. The van der Waals surface area contributed by atoms with Gasteiger partial charge in [-0.2, -0.15) is 0 Å². The zero-order valence-electron chi connectivity index (χ0n) is 12.6. The van der Waals surface area contributed by atoms with Gasteiger partial charge in [0.05, 0.1) is 5.25 Å². The summed E-state index contributed by atoms with van der Waals surface area (Å²) in [6, 6.07) is -0.480. The van der Waals surface area contributed by atoms with E-state index in [1.165, 1.54) is 23.1 Å². The first-order chi connectivity index (χ1) is 9.92. The zero-order chi connectivity index (χ0) is 15.8. The smallest absolute Gasteiger partial charge is 0.321 e. The highest BCUT2D eigenvalue weighted by Crippen LogP contribution is 2.28. The molecule has 0 radical (unpaired) electrons. The monoisotopic (exact) mass is 331 g/mol. The molecule has 0 bridgehead atoms. The summed E-state index contributed by atoms with van der Waals surface area (Å²) in [4.78, 5) is 23.1. The fraction of sp³-hybridized carbons (Fsp3) is 0.667. The average Bonchev–Trinajstić information content (AvgIpc) is 2.84. The first kappa shape index (κ1) is 17.7. The van der Waals surface area contributed by atoms with Crippen molar-refractivity contribution in [1.29, 1.82) is 0 Å². The van der Waals surface area contributed by atoms with Crippen LogP contribution in [0.25, 0.3) is 0 Å². The number of aromatic nitrogens is 2. The average molecular weight is 331 g/mol. The van der Waals surface area contributed by atoms with E-state index in [0.717, 1.165) is 11.7 Å². The van der Waals surface area contributed by atoms with Crippen LogP contribution in [-0.4, -0.2) is 40.5 Å². The Bertz CT molecular complexity index is 478. The predicted octanol–water partition coefficient (Wildman–Crippen LogP) is 1.93. The zero-order valence-corrected chi connectivity index (χ0v) is 14.2. The maximum atomic E-state index is 11.8. The number of anilines is 1. The highest BCUT2D eigenvalue weighted by molar-refractivity contribution is 8.02. The number of carbonyl (C=O) groups is 2. The van der Waals surface area contributed by atoms with E-state index in [4.69, 9.17) is 0 Å². The van der Waals surface area contributed by atoms with Crippen LogP contribution in [0.15, 0.2) is 4.34 Å². The summed E-state index contributed by atoms with van der Waals surface area (Å²) in [7, 11) is 0. The number of nitrogens with zero attached hydrogens (tertiary/aromatic N) is 2. The number of urea groups is 1. The van der Waals surface area contributed by atoms with Gasteiger partial charge in [0.2, 0.25) is 11.0 Å². The molecule has 0 aliphatic heterocycles. The number of hydrogen-bond donors (Lipinski definition) is 3. The van der Waals surface area contributed by atoms with Crippen LogP contribution >= 0.6 is 23.1 Å². The first-order valence-corrected chi connectivity index (χ1v) is 8.44. The molecular weight excluding hydrogens is 310 g/mol. The van der Waals surface area contributed by atoms with Crippen molar-refractivity contribution in [3.8, 4) is 0 Å². The lowest BCUT2D eigenvalue weighted by atomic mass is 10.2. The number of carbonyl (C=O) groups excluding carboxylic acids is 2. The van der Waals surface area contributed by atoms with Crippen molar-refractivity contribution in [3.05, 3.63) is 0 Å². The lowest BCUT2D eigenvalue weighted by Gasteiger charge is -2.09. The molecule has 1 unspecified atom stereocenters. The Kier molecular flexibility index (Phi) is 7.44. The molecule has 118 valence electrons. The third-order valence-corrected chi connectivity index (χ3v) is 4.35. The minimum absolute atomic E-state index is 0.349. The summed E-state index contributed by atoms with van der Waals surface area (Å²) in [6.45, 7) is 9.03. The summed E-state index contributed by atoms with van der Waals surface area (Å²) >= 11 is 2.68. The maximum absolute atomic E-state index is 11.8. The molecule has 1 heterocycles. The van der Waals surface area contributed by atoms with Crippen molar-refractivity contribution in [1.82, 2.24) is 20.8 Å². The number of hydrogen-bond acceptors (Lipinski definition) is 7. The van der Waals surface area contributed by atoms with Crippen LogP contribution in [0.4, 0.5) is 9.93 Å². The van der Waals surface area contributed by atoms with E-state index in [9.17, 15) is 9.59 Å². The van der Waals surface area contributed by atoms with Crippen molar-refractivity contribution < 1.29 is 9.59 Å². The van der Waals surface area contributed by atoms with E-state index in [1.807, 2.05) is 0 Å². The second kappa shape index (κ2) is 8.83. The van der Waals surface area contributed by atoms with Crippen LogP contribution in [0.2, 0.25) is 0 Å². The molecule has 0 saturated carbocycles. The third kappa shape index (κ3) is 6.76. The van der Waals surface area contributed by atoms with Crippen molar-refractivity contribution in [2.24, 2.45) is 5.92 Å². The van der Waals surface area contributed by atoms with Crippen LogP contribution in [0.1, 0.15) is 27.7 Å². The standard InChI is InChI=1S/C12H21N5O2S2/c1-5-13-10(19)15-9(18)8(4)20-12-17-16-11(21-12)14-6-7(2)3/h7-8H,5-6H2,1-4H3,(H,14,16)(H2,13,15,18,19). The minimum Gasteiger partial charge on any atom is -0.360 e. The van der Waals surface area contributed by atoms with Crippen molar-refractivity contribution in [2.75, 3.05) is 18.4 Å². The Hall–Kier alpha value is -1.35. The molecule has 0 aliphatic rings. The SMILES string of the molecule is CCNC(=O)NC(=O)C(C)Sc1nnc(NCC(C)C)s1. The van der Waals surface area contributed by atoms with Crippen molar-refractivity contribution in [3.63, 3.8) is 0 Å². The van der Waals surface area contributed by atoms with Crippen molar-refractivity contribution in [2.45, 2.75) is 37.3 Å². The van der Waals surface area contributed by atoms with Gasteiger partial charge in [-0.1, -0.05) is 36.9 Å². The van der Waals surface area contributed by atoms with Crippen molar-refractivity contribution >= 4 is 40.2 Å². The Morgan fingerprint density at radius 1 is 1.29 bits per heavy atom. The van der Waals surface area contributed by atoms with E-state index in [0.29, 0.717) is 16.8 Å². The van der Waals surface area contributed by atoms with Gasteiger partial charge in [0, 0.05) is 13.1 Å². The molecule has 3 amide bonds.